The van der Waals surface area contributed by atoms with Gasteiger partial charge in [-0.2, -0.15) is 5.10 Å². The molecule has 2 aromatic carbocycles. The lowest BCUT2D eigenvalue weighted by Crippen LogP contribution is -2.57. The van der Waals surface area contributed by atoms with Crippen LogP contribution >= 0.6 is 11.3 Å². The van der Waals surface area contributed by atoms with Crippen LogP contribution in [0.2, 0.25) is 0 Å². The average Bonchev–Trinajstić information content (AvgIpc) is 4.24. The molecule has 3 aliphatic rings. The number of likely N-dealkylation sites (tertiary alicyclic amines) is 2. The van der Waals surface area contributed by atoms with Gasteiger partial charge in [-0.3, -0.25) is 24.3 Å². The first-order valence-corrected chi connectivity index (χ1v) is 28.9. The summed E-state index contributed by atoms with van der Waals surface area (Å²) in [6.45, 7) is 13.9. The lowest BCUT2D eigenvalue weighted by Gasteiger charge is -2.38. The second kappa shape index (κ2) is 23.1. The van der Waals surface area contributed by atoms with E-state index in [2.05, 4.69) is 40.7 Å². The number of likely N-dealkylation sites (N-methyl/N-ethyl adjacent to an activating group) is 1. The van der Waals surface area contributed by atoms with Crippen LogP contribution in [0.5, 0.6) is 5.75 Å². The van der Waals surface area contributed by atoms with E-state index >= 15 is 0 Å². The Morgan fingerprint density at radius 3 is 2.30 bits per heavy atom. The summed E-state index contributed by atoms with van der Waals surface area (Å²) in [7, 11) is -2.13. The first-order valence-electron chi connectivity index (χ1n) is 26.5. The Labute approximate surface area is 452 Å². The fourth-order valence-electron chi connectivity index (χ4n) is 10.4. The Morgan fingerprint density at radius 2 is 1.64 bits per heavy atom. The molecule has 77 heavy (non-hydrogen) atoms. The summed E-state index contributed by atoms with van der Waals surface area (Å²) in [4.78, 5) is 79.4. The number of halogens is 1. The number of hydrogen-bond donors (Lipinski definition) is 3. The minimum Gasteiger partial charge on any atom is -0.492 e. The van der Waals surface area contributed by atoms with Gasteiger partial charge in [0.1, 0.15) is 45.4 Å². The quantitative estimate of drug-likeness (QED) is 0.0760. The number of benzene rings is 2. The summed E-state index contributed by atoms with van der Waals surface area (Å²) in [5.41, 5.74) is 5.14. The van der Waals surface area contributed by atoms with Crippen LogP contribution in [0.4, 0.5) is 10.2 Å². The van der Waals surface area contributed by atoms with Gasteiger partial charge in [0.15, 0.2) is 9.84 Å². The summed E-state index contributed by atoms with van der Waals surface area (Å²) >= 11 is 1.31. The van der Waals surface area contributed by atoms with E-state index in [-0.39, 0.29) is 51.8 Å². The molecule has 3 fully saturated rings. The molecule has 408 valence electrons. The third-order valence-corrected chi connectivity index (χ3v) is 19.1. The van der Waals surface area contributed by atoms with Crippen molar-refractivity contribution in [2.45, 2.75) is 121 Å². The van der Waals surface area contributed by atoms with Gasteiger partial charge in [0, 0.05) is 73.4 Å². The first kappa shape index (κ1) is 55.1. The van der Waals surface area contributed by atoms with Gasteiger partial charge in [-0.25, -0.2) is 32.7 Å². The summed E-state index contributed by atoms with van der Waals surface area (Å²) in [5.74, 6) is -0.261. The van der Waals surface area contributed by atoms with E-state index in [1.54, 1.807) is 68.3 Å². The Morgan fingerprint density at radius 1 is 0.909 bits per heavy atom. The van der Waals surface area contributed by atoms with Gasteiger partial charge < -0.3 is 30.1 Å². The molecule has 0 spiro atoms. The van der Waals surface area contributed by atoms with Crippen molar-refractivity contribution >= 4 is 61.4 Å². The van der Waals surface area contributed by atoms with Gasteiger partial charge >= 0.3 is 0 Å². The van der Waals surface area contributed by atoms with Crippen molar-refractivity contribution in [3.8, 4) is 5.75 Å². The SMILES string of the molecule is CN[C@@H](C)C(=O)N[C@H](C(=O)N1CCC[C@H]1c1nc(C(=O)c2ccc(F)cc2)cs1)C1CCN(C(=O)c2ccc(N3CCC(CCOc4cc5ncnc(Cc6n[nH]c(C)c6C)c5cc4S(=O)(=O)C(C)(C)C)CC3)nc2)CC1. The van der Waals surface area contributed by atoms with Gasteiger partial charge in [-0.15, -0.1) is 11.3 Å². The van der Waals surface area contributed by atoms with Gasteiger partial charge in [0.25, 0.3) is 5.91 Å². The number of carbonyl (C=O) groups excluding carboxylic acids is 4. The minimum atomic E-state index is -3.82. The van der Waals surface area contributed by atoms with Crippen molar-refractivity contribution in [2.75, 3.05) is 51.3 Å². The van der Waals surface area contributed by atoms with Gasteiger partial charge in [0.2, 0.25) is 17.6 Å². The second-order valence-electron chi connectivity index (χ2n) is 21.5. The number of nitrogens with one attached hydrogen (secondary N) is 3. The molecule has 0 unspecified atom stereocenters. The van der Waals surface area contributed by atoms with E-state index in [1.165, 1.54) is 41.9 Å². The van der Waals surface area contributed by atoms with Crippen LogP contribution in [0.3, 0.4) is 0 Å². The number of nitrogens with zero attached hydrogens (tertiary/aromatic N) is 8. The third-order valence-electron chi connectivity index (χ3n) is 15.7. The predicted molar refractivity (Wildman–Crippen MR) is 291 cm³/mol. The number of ether oxygens (including phenoxy) is 1. The van der Waals surface area contributed by atoms with Crippen LogP contribution in [0, 0.1) is 31.5 Å². The van der Waals surface area contributed by atoms with Crippen LogP contribution < -0.4 is 20.3 Å². The monoisotopic (exact) mass is 1090 g/mol. The number of amides is 3. The number of H-pyrrole nitrogens is 1. The van der Waals surface area contributed by atoms with Crippen LogP contribution in [-0.2, 0) is 25.8 Å². The number of ketones is 1. The van der Waals surface area contributed by atoms with Gasteiger partial charge in [-0.05, 0) is 153 Å². The van der Waals surface area contributed by atoms with Crippen LogP contribution in [0.25, 0.3) is 10.9 Å². The highest BCUT2D eigenvalue weighted by atomic mass is 32.2. The molecule has 7 heterocycles. The topological polar surface area (TPSA) is 226 Å². The zero-order valence-corrected chi connectivity index (χ0v) is 46.4. The number of carbonyl (C=O) groups is 4. The van der Waals surface area contributed by atoms with Crippen molar-refractivity contribution in [3.05, 3.63) is 117 Å². The molecule has 3 N–H and O–H groups in total. The lowest BCUT2D eigenvalue weighted by atomic mass is 9.87. The molecule has 3 atom stereocenters. The molecule has 9 rings (SSSR count). The second-order valence-corrected chi connectivity index (χ2v) is 25.1. The van der Waals surface area contributed by atoms with Crippen molar-refractivity contribution in [1.29, 1.82) is 0 Å². The minimum absolute atomic E-state index is 0.120. The number of fused-ring (bicyclic) bond motifs is 1. The van der Waals surface area contributed by atoms with Gasteiger partial charge in [0.05, 0.1) is 45.9 Å². The van der Waals surface area contributed by atoms with E-state index in [0.29, 0.717) is 90.6 Å². The van der Waals surface area contributed by atoms with E-state index in [1.807, 2.05) is 26.0 Å². The standard InChI is InChI=1S/C56H68FN11O7S2/c1-33-34(2)64-65-42(33)28-43-41-27-48(77(73,74)56(4,5)6)47(29-44(41)61-32-60-43)75-26-20-36-16-22-66(23-17-36)49-15-12-39(30-59-49)54(71)67-24-18-37(19-25-67)50(63-52(70)35(3)58-7)55(72)68-21-8-9-46(68)53-62-45(31-76-53)51(69)38-10-13-40(57)14-11-38/h10-15,27,29-32,35-37,46,50,58H,8-9,16-26,28H2,1-7H3,(H,63,70)(H,64,65)/t35-,46-,50-/m0/s1. The molecule has 21 heteroatoms. The highest BCUT2D eigenvalue weighted by Crippen LogP contribution is 2.38. The molecule has 4 aromatic heterocycles. The van der Waals surface area contributed by atoms with E-state index in [9.17, 15) is 32.0 Å². The largest absolute Gasteiger partial charge is 0.492 e. The molecule has 0 bridgehead atoms. The molecule has 3 amide bonds. The zero-order valence-electron chi connectivity index (χ0n) is 44.8. The summed E-state index contributed by atoms with van der Waals surface area (Å²) < 4.78 is 46.9. The van der Waals surface area contributed by atoms with Crippen LogP contribution in [-0.4, -0.2) is 135 Å². The molecular weight excluding hydrogens is 1020 g/mol. The molecule has 18 nitrogen and oxygen atoms in total. The smallest absolute Gasteiger partial charge is 0.255 e. The predicted octanol–water partition coefficient (Wildman–Crippen LogP) is 7.35. The number of anilines is 1. The number of aromatic amines is 1. The van der Waals surface area contributed by atoms with Gasteiger partial charge in [-0.1, -0.05) is 0 Å². The number of rotatable bonds is 17. The molecule has 3 saturated heterocycles. The van der Waals surface area contributed by atoms with Crippen LogP contribution in [0.1, 0.15) is 133 Å². The van der Waals surface area contributed by atoms with E-state index < -0.39 is 32.5 Å². The Hall–Kier alpha value is -6.71. The van der Waals surface area contributed by atoms with Crippen molar-refractivity contribution in [3.63, 3.8) is 0 Å². The third kappa shape index (κ3) is 11.9. The normalized spacial score (nSPS) is 17.7. The number of thiazole rings is 1. The molecule has 0 radical (unpaired) electrons. The molecule has 0 saturated carbocycles. The summed E-state index contributed by atoms with van der Waals surface area (Å²) in [5, 5.41) is 16.4. The number of sulfone groups is 1. The molecular formula is C56H68FN11O7S2. The lowest BCUT2D eigenvalue weighted by molar-refractivity contribution is -0.139. The molecule has 0 aliphatic carbocycles. The number of hydrogen-bond acceptors (Lipinski definition) is 15. The van der Waals surface area contributed by atoms with Crippen LogP contribution in [0.15, 0.2) is 71.3 Å². The highest BCUT2D eigenvalue weighted by Gasteiger charge is 2.42. The highest BCUT2D eigenvalue weighted by molar-refractivity contribution is 7.92. The average molecular weight is 1090 g/mol. The number of aryl methyl sites for hydroxylation is 1. The summed E-state index contributed by atoms with van der Waals surface area (Å²) in [6, 6.07) is 10.7. The fourth-order valence-corrected chi connectivity index (χ4v) is 12.7. The zero-order chi connectivity index (χ0) is 54.8. The van der Waals surface area contributed by atoms with E-state index in [4.69, 9.17) is 9.72 Å². The molecule has 6 aromatic rings. The first-order chi connectivity index (χ1) is 36.8. The molecule has 3 aliphatic heterocycles. The fraction of sp³-hybridized carbons (Fsp3) is 0.482. The maximum atomic E-state index is 14.6. The Balaban J connectivity index is 0.787. The summed E-state index contributed by atoms with van der Waals surface area (Å²) in [6.07, 6.45) is 8.41. The van der Waals surface area contributed by atoms with Crippen molar-refractivity contribution < 1.29 is 36.7 Å². The number of piperidine rings is 2. The maximum Gasteiger partial charge on any atom is 0.255 e. The number of aromatic nitrogens is 6. The Kier molecular flexibility index (Phi) is 16.5. The van der Waals surface area contributed by atoms with E-state index in [0.717, 1.165) is 61.5 Å². The van der Waals surface area contributed by atoms with Crippen molar-refractivity contribution in [1.82, 2.24) is 50.6 Å². The number of pyridine rings is 1. The maximum absolute atomic E-state index is 14.6. The Bertz CT molecular complexity index is 3240. The van der Waals surface area contributed by atoms with Crippen molar-refractivity contribution in [2.24, 2.45) is 11.8 Å².